The second-order valence-corrected chi connectivity index (χ2v) is 7.30. The van der Waals surface area contributed by atoms with Gasteiger partial charge in [-0.1, -0.05) is 72.8 Å². The molecule has 2 N–H and O–H groups in total. The number of benzene rings is 4. The van der Waals surface area contributed by atoms with E-state index in [2.05, 4.69) is 18.2 Å². The van der Waals surface area contributed by atoms with E-state index in [9.17, 15) is 9.59 Å². The standard InChI is InChI=1S/C26H22N2O3/c29-25(27-31)21-15-13-19(14-16-21)17-28(26(30)22-8-2-1-3-9-22)18-23-11-6-10-20-7-4-5-12-24(20)23/h1-16,31H,17-18H2,(H,27,29). The summed E-state index contributed by atoms with van der Waals surface area (Å²) in [5, 5.41) is 11.0. The van der Waals surface area contributed by atoms with Crippen LogP contribution in [0.2, 0.25) is 0 Å². The molecular weight excluding hydrogens is 388 g/mol. The van der Waals surface area contributed by atoms with E-state index in [-0.39, 0.29) is 5.91 Å². The molecule has 0 bridgehead atoms. The highest BCUT2D eigenvalue weighted by molar-refractivity contribution is 5.95. The highest BCUT2D eigenvalue weighted by atomic mass is 16.5. The van der Waals surface area contributed by atoms with Crippen LogP contribution in [-0.4, -0.2) is 21.9 Å². The third-order valence-electron chi connectivity index (χ3n) is 5.24. The fourth-order valence-corrected chi connectivity index (χ4v) is 3.65. The summed E-state index contributed by atoms with van der Waals surface area (Å²) in [7, 11) is 0. The van der Waals surface area contributed by atoms with Gasteiger partial charge in [-0.25, -0.2) is 5.48 Å². The van der Waals surface area contributed by atoms with Gasteiger partial charge in [0.2, 0.25) is 0 Å². The lowest BCUT2D eigenvalue weighted by atomic mass is 10.0. The van der Waals surface area contributed by atoms with Gasteiger partial charge in [0, 0.05) is 24.2 Å². The maximum Gasteiger partial charge on any atom is 0.274 e. The van der Waals surface area contributed by atoms with Gasteiger partial charge >= 0.3 is 0 Å². The molecule has 0 saturated carbocycles. The second kappa shape index (κ2) is 9.24. The molecule has 0 fully saturated rings. The smallest absolute Gasteiger partial charge is 0.274 e. The predicted molar refractivity (Wildman–Crippen MR) is 120 cm³/mol. The van der Waals surface area contributed by atoms with Crippen molar-refractivity contribution in [2.75, 3.05) is 0 Å². The van der Waals surface area contributed by atoms with E-state index >= 15 is 0 Å². The Balaban J connectivity index is 1.66. The molecule has 0 aliphatic rings. The zero-order valence-corrected chi connectivity index (χ0v) is 16.9. The molecule has 0 saturated heterocycles. The molecule has 4 aromatic rings. The molecule has 0 aliphatic heterocycles. The zero-order chi connectivity index (χ0) is 21.6. The van der Waals surface area contributed by atoms with Crippen LogP contribution in [-0.2, 0) is 13.1 Å². The minimum atomic E-state index is -0.570. The summed E-state index contributed by atoms with van der Waals surface area (Å²) in [6.07, 6.45) is 0. The molecule has 0 spiro atoms. The third kappa shape index (κ3) is 4.63. The van der Waals surface area contributed by atoms with E-state index in [4.69, 9.17) is 5.21 Å². The van der Waals surface area contributed by atoms with Crippen molar-refractivity contribution in [3.63, 3.8) is 0 Å². The van der Waals surface area contributed by atoms with Gasteiger partial charge in [0.05, 0.1) is 0 Å². The van der Waals surface area contributed by atoms with Crippen molar-refractivity contribution >= 4 is 22.6 Å². The molecule has 2 amide bonds. The normalized spacial score (nSPS) is 10.6. The van der Waals surface area contributed by atoms with Gasteiger partial charge in [0.1, 0.15) is 0 Å². The molecule has 4 aromatic carbocycles. The summed E-state index contributed by atoms with van der Waals surface area (Å²) in [6, 6.07) is 30.3. The minimum absolute atomic E-state index is 0.0642. The molecule has 5 heteroatoms. The fourth-order valence-electron chi connectivity index (χ4n) is 3.65. The van der Waals surface area contributed by atoms with Crippen LogP contribution in [0.3, 0.4) is 0 Å². The van der Waals surface area contributed by atoms with Crippen molar-refractivity contribution in [3.8, 4) is 0 Å². The van der Waals surface area contributed by atoms with Crippen LogP contribution in [0.15, 0.2) is 97.1 Å². The first-order chi connectivity index (χ1) is 15.2. The Kier molecular flexibility index (Phi) is 6.05. The number of hydrogen-bond donors (Lipinski definition) is 2. The third-order valence-corrected chi connectivity index (χ3v) is 5.24. The van der Waals surface area contributed by atoms with Gasteiger partial charge in [-0.15, -0.1) is 0 Å². The van der Waals surface area contributed by atoms with Crippen LogP contribution in [0.25, 0.3) is 10.8 Å². The van der Waals surface area contributed by atoms with Gasteiger partial charge in [0.25, 0.3) is 11.8 Å². The SMILES string of the molecule is O=C(NO)c1ccc(CN(Cc2cccc3ccccc23)C(=O)c2ccccc2)cc1. The fraction of sp³-hybridized carbons (Fsp3) is 0.0769. The number of hydrogen-bond acceptors (Lipinski definition) is 3. The van der Waals surface area contributed by atoms with Gasteiger partial charge in [-0.2, -0.15) is 0 Å². The van der Waals surface area contributed by atoms with Crippen molar-refractivity contribution < 1.29 is 14.8 Å². The molecule has 0 aromatic heterocycles. The predicted octanol–water partition coefficient (Wildman–Crippen LogP) is 4.80. The average molecular weight is 410 g/mol. The van der Waals surface area contributed by atoms with E-state index in [1.54, 1.807) is 34.6 Å². The van der Waals surface area contributed by atoms with E-state index < -0.39 is 5.91 Å². The maximum absolute atomic E-state index is 13.3. The van der Waals surface area contributed by atoms with Crippen LogP contribution in [0.1, 0.15) is 31.8 Å². The number of carbonyl (C=O) groups excluding carboxylic acids is 2. The van der Waals surface area contributed by atoms with Gasteiger partial charge < -0.3 is 4.90 Å². The topological polar surface area (TPSA) is 69.6 Å². The summed E-state index contributed by atoms with van der Waals surface area (Å²) < 4.78 is 0. The van der Waals surface area contributed by atoms with E-state index in [1.807, 2.05) is 54.6 Å². The number of nitrogens with one attached hydrogen (secondary N) is 1. The number of amides is 2. The Morgan fingerprint density at radius 2 is 1.39 bits per heavy atom. The summed E-state index contributed by atoms with van der Waals surface area (Å²) in [6.45, 7) is 0.839. The van der Waals surface area contributed by atoms with E-state index in [0.717, 1.165) is 21.9 Å². The van der Waals surface area contributed by atoms with E-state index in [1.165, 1.54) is 0 Å². The van der Waals surface area contributed by atoms with Crippen LogP contribution in [0, 0.1) is 0 Å². The van der Waals surface area contributed by atoms with Crippen LogP contribution in [0.4, 0.5) is 0 Å². The highest BCUT2D eigenvalue weighted by Gasteiger charge is 2.18. The lowest BCUT2D eigenvalue weighted by Gasteiger charge is -2.24. The molecular formula is C26H22N2O3. The largest absolute Gasteiger partial charge is 0.330 e. The summed E-state index contributed by atoms with van der Waals surface area (Å²) in [4.78, 5) is 26.7. The number of carbonyl (C=O) groups is 2. The lowest BCUT2D eigenvalue weighted by Crippen LogP contribution is -2.30. The van der Waals surface area contributed by atoms with Gasteiger partial charge in [0.15, 0.2) is 0 Å². The molecule has 4 rings (SSSR count). The Labute approximate surface area is 180 Å². The summed E-state index contributed by atoms with van der Waals surface area (Å²) >= 11 is 0. The first kappa shape index (κ1) is 20.3. The lowest BCUT2D eigenvalue weighted by molar-refractivity contribution is 0.0704. The molecule has 0 radical (unpaired) electrons. The zero-order valence-electron chi connectivity index (χ0n) is 16.9. The van der Waals surface area contributed by atoms with Crippen molar-refractivity contribution in [2.24, 2.45) is 0 Å². The second-order valence-electron chi connectivity index (χ2n) is 7.30. The average Bonchev–Trinajstić information content (AvgIpc) is 2.84. The van der Waals surface area contributed by atoms with Crippen molar-refractivity contribution in [1.82, 2.24) is 10.4 Å². The van der Waals surface area contributed by atoms with Crippen LogP contribution < -0.4 is 5.48 Å². The monoisotopic (exact) mass is 410 g/mol. The first-order valence-corrected chi connectivity index (χ1v) is 10.00. The Morgan fingerprint density at radius 3 is 2.13 bits per heavy atom. The number of rotatable bonds is 6. The highest BCUT2D eigenvalue weighted by Crippen LogP contribution is 2.22. The van der Waals surface area contributed by atoms with E-state index in [0.29, 0.717) is 24.2 Å². The molecule has 5 nitrogen and oxygen atoms in total. The number of nitrogens with zero attached hydrogens (tertiary/aromatic N) is 1. The Bertz CT molecular complexity index is 1200. The number of hydroxylamine groups is 1. The first-order valence-electron chi connectivity index (χ1n) is 10.00. The molecule has 154 valence electrons. The van der Waals surface area contributed by atoms with Crippen LogP contribution >= 0.6 is 0 Å². The quantitative estimate of drug-likeness (QED) is 0.354. The Hall–Kier alpha value is -3.96. The molecule has 0 aliphatic carbocycles. The van der Waals surface area contributed by atoms with Gasteiger partial charge in [-0.05, 0) is 46.2 Å². The van der Waals surface area contributed by atoms with Gasteiger partial charge in [-0.3, -0.25) is 14.8 Å². The van der Waals surface area contributed by atoms with Crippen molar-refractivity contribution in [1.29, 1.82) is 0 Å². The van der Waals surface area contributed by atoms with Crippen LogP contribution in [0.5, 0.6) is 0 Å². The Morgan fingerprint density at radius 1 is 0.710 bits per heavy atom. The molecule has 0 atom stereocenters. The summed E-state index contributed by atoms with van der Waals surface area (Å²) in [5.74, 6) is -0.634. The summed E-state index contributed by atoms with van der Waals surface area (Å²) in [5.41, 5.74) is 4.56. The maximum atomic E-state index is 13.3. The minimum Gasteiger partial charge on any atom is -0.330 e. The number of fused-ring (bicyclic) bond motifs is 1. The van der Waals surface area contributed by atoms with Crippen molar-refractivity contribution in [2.45, 2.75) is 13.1 Å². The molecule has 31 heavy (non-hydrogen) atoms. The molecule has 0 heterocycles. The molecule has 0 unspecified atom stereocenters. The van der Waals surface area contributed by atoms with Crippen molar-refractivity contribution in [3.05, 3.63) is 119 Å².